The van der Waals surface area contributed by atoms with Gasteiger partial charge in [0.25, 0.3) is 5.76 Å². The largest absolute Gasteiger partial charge is 0.382 e. The number of halogens is 2. The number of hydrogen-bond donors (Lipinski definition) is 1. The minimum atomic E-state index is -2.36. The standard InChI is InChI=1S/C12H17F2NS/c1-8(2)9(3)15-10-5-4-6-11(7-10)16-12(13)14/h4-9,12,15H,1-3H3. The Morgan fingerprint density at radius 2 is 1.88 bits per heavy atom. The molecule has 1 N–H and O–H groups in total. The highest BCUT2D eigenvalue weighted by Gasteiger charge is 2.08. The van der Waals surface area contributed by atoms with E-state index >= 15 is 0 Å². The highest BCUT2D eigenvalue weighted by molar-refractivity contribution is 7.99. The van der Waals surface area contributed by atoms with Crippen LogP contribution in [0.25, 0.3) is 0 Å². The van der Waals surface area contributed by atoms with E-state index in [2.05, 4.69) is 26.1 Å². The van der Waals surface area contributed by atoms with Crippen molar-refractivity contribution in [3.8, 4) is 0 Å². The maximum atomic E-state index is 12.2. The van der Waals surface area contributed by atoms with Crippen LogP contribution in [0.3, 0.4) is 0 Å². The second kappa shape index (κ2) is 6.09. The van der Waals surface area contributed by atoms with Gasteiger partial charge in [0, 0.05) is 16.6 Å². The molecule has 0 saturated carbocycles. The molecule has 1 nitrogen and oxygen atoms in total. The van der Waals surface area contributed by atoms with Gasteiger partial charge in [0.05, 0.1) is 0 Å². The Hall–Kier alpha value is -0.770. The molecule has 1 aromatic rings. The summed E-state index contributed by atoms with van der Waals surface area (Å²) in [5.41, 5.74) is 0.895. The Morgan fingerprint density at radius 3 is 2.44 bits per heavy atom. The van der Waals surface area contributed by atoms with Gasteiger partial charge in [-0.25, -0.2) is 0 Å². The summed E-state index contributed by atoms with van der Waals surface area (Å²) >= 11 is 0.575. The Morgan fingerprint density at radius 1 is 1.19 bits per heavy atom. The smallest absolute Gasteiger partial charge is 0.288 e. The molecule has 4 heteroatoms. The van der Waals surface area contributed by atoms with E-state index in [-0.39, 0.29) is 0 Å². The molecule has 1 rings (SSSR count). The monoisotopic (exact) mass is 245 g/mol. The molecule has 1 aromatic carbocycles. The molecule has 0 saturated heterocycles. The SMILES string of the molecule is CC(C)C(C)Nc1cccc(SC(F)F)c1. The predicted octanol–water partition coefficient (Wildman–Crippen LogP) is 4.46. The minimum Gasteiger partial charge on any atom is -0.382 e. The zero-order chi connectivity index (χ0) is 12.1. The van der Waals surface area contributed by atoms with Gasteiger partial charge in [0.15, 0.2) is 0 Å². The number of thioether (sulfide) groups is 1. The van der Waals surface area contributed by atoms with E-state index in [1.165, 1.54) is 0 Å². The first-order valence-corrected chi connectivity index (χ1v) is 6.18. The molecule has 0 amide bonds. The second-order valence-corrected chi connectivity index (χ2v) is 5.15. The fourth-order valence-corrected chi connectivity index (χ4v) is 1.75. The molecule has 1 atom stereocenters. The van der Waals surface area contributed by atoms with Crippen molar-refractivity contribution in [1.82, 2.24) is 0 Å². The summed E-state index contributed by atoms with van der Waals surface area (Å²) in [6.45, 7) is 6.32. The molecule has 16 heavy (non-hydrogen) atoms. The molecule has 0 heterocycles. The Balaban J connectivity index is 2.67. The summed E-state index contributed by atoms with van der Waals surface area (Å²) in [6, 6.07) is 7.47. The number of hydrogen-bond acceptors (Lipinski definition) is 2. The molecule has 1 unspecified atom stereocenters. The number of benzene rings is 1. The Bertz CT molecular complexity index is 329. The summed E-state index contributed by atoms with van der Waals surface area (Å²) in [6.07, 6.45) is 0. The Kier molecular flexibility index (Phi) is 5.06. The molecular formula is C12H17F2NS. The third-order valence-electron chi connectivity index (χ3n) is 2.45. The van der Waals surface area contributed by atoms with Gasteiger partial charge < -0.3 is 5.32 Å². The molecule has 0 fully saturated rings. The molecular weight excluding hydrogens is 228 g/mol. The first kappa shape index (κ1) is 13.3. The van der Waals surface area contributed by atoms with Crippen molar-refractivity contribution < 1.29 is 8.78 Å². The van der Waals surface area contributed by atoms with Crippen molar-refractivity contribution in [3.63, 3.8) is 0 Å². The fourth-order valence-electron chi connectivity index (χ4n) is 1.19. The van der Waals surface area contributed by atoms with E-state index in [9.17, 15) is 8.78 Å². The number of anilines is 1. The maximum absolute atomic E-state index is 12.2. The van der Waals surface area contributed by atoms with Crippen molar-refractivity contribution >= 4 is 17.4 Å². The maximum Gasteiger partial charge on any atom is 0.288 e. The van der Waals surface area contributed by atoms with Crippen LogP contribution in [0, 0.1) is 5.92 Å². The van der Waals surface area contributed by atoms with Crippen LogP contribution >= 0.6 is 11.8 Å². The van der Waals surface area contributed by atoms with Crippen LogP contribution in [0.5, 0.6) is 0 Å². The third-order valence-corrected chi connectivity index (χ3v) is 3.16. The molecule has 0 radical (unpaired) electrons. The third kappa shape index (κ3) is 4.39. The molecule has 0 aliphatic carbocycles. The van der Waals surface area contributed by atoms with Crippen LogP contribution in [0.15, 0.2) is 29.2 Å². The summed E-state index contributed by atoms with van der Waals surface area (Å²) < 4.78 is 24.4. The van der Waals surface area contributed by atoms with Gasteiger partial charge in [-0.3, -0.25) is 0 Å². The van der Waals surface area contributed by atoms with Gasteiger partial charge in [-0.2, -0.15) is 8.78 Å². The summed E-state index contributed by atoms with van der Waals surface area (Å²) in [7, 11) is 0. The highest BCUT2D eigenvalue weighted by atomic mass is 32.2. The number of nitrogens with one attached hydrogen (secondary N) is 1. The van der Waals surface area contributed by atoms with Crippen LogP contribution in [-0.2, 0) is 0 Å². The number of alkyl halides is 2. The average Bonchev–Trinajstić information content (AvgIpc) is 2.16. The summed E-state index contributed by atoms with van der Waals surface area (Å²) in [5.74, 6) is -1.86. The minimum absolute atomic E-state index is 0.326. The quantitative estimate of drug-likeness (QED) is 0.769. The molecule has 0 aromatic heterocycles. The van der Waals surface area contributed by atoms with E-state index < -0.39 is 5.76 Å². The molecule has 0 aliphatic rings. The predicted molar refractivity (Wildman–Crippen MR) is 66.2 cm³/mol. The summed E-state index contributed by atoms with van der Waals surface area (Å²) in [4.78, 5) is 0.593. The molecule has 0 bridgehead atoms. The zero-order valence-electron chi connectivity index (χ0n) is 9.71. The van der Waals surface area contributed by atoms with E-state index in [0.29, 0.717) is 28.6 Å². The Labute approximate surface area is 99.6 Å². The number of rotatable bonds is 5. The van der Waals surface area contributed by atoms with Gasteiger partial charge >= 0.3 is 0 Å². The molecule has 0 spiro atoms. The lowest BCUT2D eigenvalue weighted by molar-refractivity contribution is 0.252. The lowest BCUT2D eigenvalue weighted by atomic mass is 10.1. The lowest BCUT2D eigenvalue weighted by Gasteiger charge is -2.19. The van der Waals surface area contributed by atoms with Crippen LogP contribution in [0.4, 0.5) is 14.5 Å². The van der Waals surface area contributed by atoms with Crippen molar-refractivity contribution in [2.75, 3.05) is 5.32 Å². The normalized spacial score (nSPS) is 13.2. The fraction of sp³-hybridized carbons (Fsp3) is 0.500. The molecule has 90 valence electrons. The van der Waals surface area contributed by atoms with E-state index in [1.807, 2.05) is 6.07 Å². The van der Waals surface area contributed by atoms with E-state index in [0.717, 1.165) is 5.69 Å². The van der Waals surface area contributed by atoms with Gasteiger partial charge in [0.2, 0.25) is 0 Å². The lowest BCUT2D eigenvalue weighted by Crippen LogP contribution is -2.21. The van der Waals surface area contributed by atoms with Crippen molar-refractivity contribution in [2.45, 2.75) is 37.5 Å². The van der Waals surface area contributed by atoms with Gasteiger partial charge in [0.1, 0.15) is 0 Å². The second-order valence-electron chi connectivity index (χ2n) is 4.08. The van der Waals surface area contributed by atoms with E-state index in [4.69, 9.17) is 0 Å². The van der Waals surface area contributed by atoms with Crippen LogP contribution < -0.4 is 5.32 Å². The summed E-state index contributed by atoms with van der Waals surface area (Å²) in [5, 5.41) is 3.30. The van der Waals surface area contributed by atoms with Crippen molar-refractivity contribution in [2.24, 2.45) is 5.92 Å². The van der Waals surface area contributed by atoms with Gasteiger partial charge in [-0.1, -0.05) is 31.7 Å². The van der Waals surface area contributed by atoms with Gasteiger partial charge in [-0.15, -0.1) is 0 Å². The van der Waals surface area contributed by atoms with Crippen LogP contribution in [0.2, 0.25) is 0 Å². The average molecular weight is 245 g/mol. The first-order chi connectivity index (χ1) is 7.49. The van der Waals surface area contributed by atoms with Crippen molar-refractivity contribution in [1.29, 1.82) is 0 Å². The van der Waals surface area contributed by atoms with E-state index in [1.54, 1.807) is 18.2 Å². The zero-order valence-corrected chi connectivity index (χ0v) is 10.5. The van der Waals surface area contributed by atoms with Crippen molar-refractivity contribution in [3.05, 3.63) is 24.3 Å². The van der Waals surface area contributed by atoms with Crippen LogP contribution in [-0.4, -0.2) is 11.8 Å². The van der Waals surface area contributed by atoms with Crippen LogP contribution in [0.1, 0.15) is 20.8 Å². The first-order valence-electron chi connectivity index (χ1n) is 5.30. The molecule has 0 aliphatic heterocycles. The topological polar surface area (TPSA) is 12.0 Å². The highest BCUT2D eigenvalue weighted by Crippen LogP contribution is 2.27. The van der Waals surface area contributed by atoms with Gasteiger partial charge in [-0.05, 0) is 31.0 Å².